The maximum absolute atomic E-state index is 12.3. The second-order valence-electron chi connectivity index (χ2n) is 5.61. The summed E-state index contributed by atoms with van der Waals surface area (Å²) in [7, 11) is 1.81. The average molecular weight is 247 g/mol. The molecule has 0 radical (unpaired) electrons. The van der Waals surface area contributed by atoms with Crippen LogP contribution in [0.3, 0.4) is 0 Å². The smallest absolute Gasteiger partial charge is 0.272 e. The van der Waals surface area contributed by atoms with Crippen molar-refractivity contribution in [2.24, 2.45) is 5.41 Å². The highest BCUT2D eigenvalue weighted by Gasteiger charge is 2.28. The van der Waals surface area contributed by atoms with Crippen LogP contribution in [0.1, 0.15) is 37.2 Å². The van der Waals surface area contributed by atoms with E-state index in [1.807, 2.05) is 17.0 Å². The fourth-order valence-corrected chi connectivity index (χ4v) is 2.17. The van der Waals surface area contributed by atoms with Crippen molar-refractivity contribution in [2.75, 3.05) is 25.5 Å². The van der Waals surface area contributed by atoms with E-state index in [1.54, 1.807) is 13.1 Å². The van der Waals surface area contributed by atoms with E-state index in [2.05, 4.69) is 24.1 Å². The first-order valence-corrected chi connectivity index (χ1v) is 6.46. The first-order valence-electron chi connectivity index (χ1n) is 6.46. The molecule has 18 heavy (non-hydrogen) atoms. The summed E-state index contributed by atoms with van der Waals surface area (Å²) in [6.07, 6.45) is 2.12. The van der Waals surface area contributed by atoms with Crippen LogP contribution in [0.5, 0.6) is 0 Å². The van der Waals surface area contributed by atoms with Crippen molar-refractivity contribution in [3.05, 3.63) is 23.9 Å². The molecular weight excluding hydrogens is 226 g/mol. The molecule has 0 spiro atoms. The van der Waals surface area contributed by atoms with Gasteiger partial charge in [-0.3, -0.25) is 4.79 Å². The van der Waals surface area contributed by atoms with Crippen LogP contribution in [-0.4, -0.2) is 35.9 Å². The van der Waals surface area contributed by atoms with E-state index >= 15 is 0 Å². The van der Waals surface area contributed by atoms with Crippen molar-refractivity contribution in [2.45, 2.75) is 26.7 Å². The van der Waals surface area contributed by atoms with Gasteiger partial charge < -0.3 is 10.2 Å². The van der Waals surface area contributed by atoms with Gasteiger partial charge in [-0.25, -0.2) is 4.98 Å². The van der Waals surface area contributed by atoms with Crippen LogP contribution in [0, 0.1) is 5.41 Å². The van der Waals surface area contributed by atoms with Crippen LogP contribution in [0.4, 0.5) is 5.82 Å². The molecule has 1 saturated heterocycles. The first kappa shape index (κ1) is 12.9. The Morgan fingerprint density at radius 3 is 2.61 bits per heavy atom. The summed E-state index contributed by atoms with van der Waals surface area (Å²) in [5.74, 6) is 0.779. The van der Waals surface area contributed by atoms with Gasteiger partial charge in [-0.15, -0.1) is 0 Å². The number of hydrogen-bond acceptors (Lipinski definition) is 3. The SMILES string of the molecule is CNc1cccc(C(=O)N2CCC(C)(C)CC2)n1. The van der Waals surface area contributed by atoms with Crippen LogP contribution in [-0.2, 0) is 0 Å². The number of piperidine rings is 1. The molecule has 0 aromatic carbocycles. The predicted octanol–water partition coefficient (Wildman–Crippen LogP) is 2.39. The number of anilines is 1. The largest absolute Gasteiger partial charge is 0.373 e. The van der Waals surface area contributed by atoms with Gasteiger partial charge in [0, 0.05) is 20.1 Å². The molecule has 1 aliphatic heterocycles. The highest BCUT2D eigenvalue weighted by atomic mass is 16.2. The van der Waals surface area contributed by atoms with Gasteiger partial charge in [0.05, 0.1) is 0 Å². The predicted molar refractivity (Wildman–Crippen MR) is 72.7 cm³/mol. The maximum Gasteiger partial charge on any atom is 0.272 e. The van der Waals surface area contributed by atoms with E-state index in [1.165, 1.54) is 0 Å². The zero-order valence-electron chi connectivity index (χ0n) is 11.4. The van der Waals surface area contributed by atoms with Crippen LogP contribution in [0.2, 0.25) is 0 Å². The second kappa shape index (κ2) is 4.96. The number of aromatic nitrogens is 1. The van der Waals surface area contributed by atoms with Crippen LogP contribution < -0.4 is 5.32 Å². The molecule has 4 heteroatoms. The van der Waals surface area contributed by atoms with Gasteiger partial charge in [0.25, 0.3) is 5.91 Å². The molecular formula is C14H21N3O. The Hall–Kier alpha value is -1.58. The van der Waals surface area contributed by atoms with E-state index in [0.29, 0.717) is 11.1 Å². The van der Waals surface area contributed by atoms with Gasteiger partial charge in [-0.2, -0.15) is 0 Å². The minimum Gasteiger partial charge on any atom is -0.373 e. The summed E-state index contributed by atoms with van der Waals surface area (Å²) in [6, 6.07) is 5.50. The molecule has 0 saturated carbocycles. The lowest BCUT2D eigenvalue weighted by Gasteiger charge is -2.36. The maximum atomic E-state index is 12.3. The first-order chi connectivity index (χ1) is 8.52. The summed E-state index contributed by atoms with van der Waals surface area (Å²) < 4.78 is 0. The topological polar surface area (TPSA) is 45.2 Å². The van der Waals surface area contributed by atoms with E-state index < -0.39 is 0 Å². The summed E-state index contributed by atoms with van der Waals surface area (Å²) in [4.78, 5) is 18.5. The number of nitrogens with one attached hydrogen (secondary N) is 1. The molecule has 1 aromatic rings. The Morgan fingerprint density at radius 2 is 2.00 bits per heavy atom. The molecule has 0 atom stereocenters. The van der Waals surface area contributed by atoms with Gasteiger partial charge in [0.1, 0.15) is 11.5 Å². The van der Waals surface area contributed by atoms with Crippen LogP contribution >= 0.6 is 0 Å². The Bertz CT molecular complexity index is 432. The van der Waals surface area contributed by atoms with Gasteiger partial charge in [-0.05, 0) is 30.4 Å². The Kier molecular flexibility index (Phi) is 3.55. The molecule has 0 bridgehead atoms. The number of rotatable bonds is 2. The Balaban J connectivity index is 2.07. The third-order valence-corrected chi connectivity index (χ3v) is 3.63. The fraction of sp³-hybridized carbons (Fsp3) is 0.571. The highest BCUT2D eigenvalue weighted by molar-refractivity contribution is 5.92. The van der Waals surface area contributed by atoms with Crippen LogP contribution in [0.15, 0.2) is 18.2 Å². The number of amides is 1. The number of carbonyl (C=O) groups is 1. The number of likely N-dealkylation sites (tertiary alicyclic amines) is 1. The van der Waals surface area contributed by atoms with Gasteiger partial charge in [0.2, 0.25) is 0 Å². The molecule has 0 unspecified atom stereocenters. The monoisotopic (exact) mass is 247 g/mol. The quantitative estimate of drug-likeness (QED) is 0.872. The minimum absolute atomic E-state index is 0.0441. The summed E-state index contributed by atoms with van der Waals surface area (Å²) in [5, 5.41) is 2.96. The second-order valence-corrected chi connectivity index (χ2v) is 5.61. The Labute approximate surface area is 108 Å². The molecule has 1 N–H and O–H groups in total. The molecule has 1 amide bonds. The van der Waals surface area contributed by atoms with E-state index in [4.69, 9.17) is 0 Å². The van der Waals surface area contributed by atoms with Crippen molar-refractivity contribution >= 4 is 11.7 Å². The number of pyridine rings is 1. The zero-order valence-corrected chi connectivity index (χ0v) is 11.4. The number of nitrogens with zero attached hydrogens (tertiary/aromatic N) is 2. The zero-order chi connectivity index (χ0) is 13.2. The van der Waals surface area contributed by atoms with E-state index in [9.17, 15) is 4.79 Å². The third kappa shape index (κ3) is 2.81. The number of carbonyl (C=O) groups excluding carboxylic acids is 1. The minimum atomic E-state index is 0.0441. The lowest BCUT2D eigenvalue weighted by molar-refractivity contribution is 0.0624. The van der Waals surface area contributed by atoms with Crippen molar-refractivity contribution < 1.29 is 4.79 Å². The summed E-state index contributed by atoms with van der Waals surface area (Å²) in [6.45, 7) is 6.18. The van der Waals surface area contributed by atoms with Gasteiger partial charge >= 0.3 is 0 Å². The standard InChI is InChI=1S/C14H21N3O/c1-14(2)7-9-17(10-8-14)13(18)11-5-4-6-12(15-3)16-11/h4-6H,7-10H2,1-3H3,(H,15,16). The molecule has 4 nitrogen and oxygen atoms in total. The van der Waals surface area contributed by atoms with Crippen LogP contribution in [0.25, 0.3) is 0 Å². The van der Waals surface area contributed by atoms with Gasteiger partial charge in [-0.1, -0.05) is 19.9 Å². The highest BCUT2D eigenvalue weighted by Crippen LogP contribution is 2.30. The average Bonchev–Trinajstić information content (AvgIpc) is 2.38. The van der Waals surface area contributed by atoms with Crippen molar-refractivity contribution in [1.82, 2.24) is 9.88 Å². The molecule has 2 heterocycles. The molecule has 1 aromatic heterocycles. The Morgan fingerprint density at radius 1 is 1.33 bits per heavy atom. The molecule has 0 aliphatic carbocycles. The molecule has 98 valence electrons. The fourth-order valence-electron chi connectivity index (χ4n) is 2.17. The van der Waals surface area contributed by atoms with Crippen molar-refractivity contribution in [1.29, 1.82) is 0 Å². The van der Waals surface area contributed by atoms with Gasteiger partial charge in [0.15, 0.2) is 0 Å². The molecule has 2 rings (SSSR count). The normalized spacial score (nSPS) is 18.5. The van der Waals surface area contributed by atoms with Crippen molar-refractivity contribution in [3.8, 4) is 0 Å². The lowest BCUT2D eigenvalue weighted by Crippen LogP contribution is -2.41. The molecule has 1 fully saturated rings. The number of hydrogen-bond donors (Lipinski definition) is 1. The third-order valence-electron chi connectivity index (χ3n) is 3.63. The molecule has 1 aliphatic rings. The lowest BCUT2D eigenvalue weighted by atomic mass is 9.82. The van der Waals surface area contributed by atoms with E-state index in [0.717, 1.165) is 31.7 Å². The summed E-state index contributed by atoms with van der Waals surface area (Å²) >= 11 is 0. The van der Waals surface area contributed by atoms with Crippen molar-refractivity contribution in [3.63, 3.8) is 0 Å². The van der Waals surface area contributed by atoms with E-state index in [-0.39, 0.29) is 5.91 Å². The summed E-state index contributed by atoms with van der Waals surface area (Å²) in [5.41, 5.74) is 0.887.